The molecule has 0 N–H and O–H groups in total. The number of thiazole rings is 1. The Bertz CT molecular complexity index is 1180. The predicted molar refractivity (Wildman–Crippen MR) is 106 cm³/mol. The third-order valence-electron chi connectivity index (χ3n) is 4.04. The van der Waals surface area contributed by atoms with Gasteiger partial charge in [-0.15, -0.1) is 21.5 Å². The Labute approximate surface area is 160 Å². The van der Waals surface area contributed by atoms with Gasteiger partial charge in [0.25, 0.3) is 0 Å². The second kappa shape index (κ2) is 7.21. The first-order valence-corrected chi connectivity index (χ1v) is 11.3. The van der Waals surface area contributed by atoms with Crippen molar-refractivity contribution in [2.75, 3.05) is 12.0 Å². The average molecular weight is 399 g/mol. The lowest BCUT2D eigenvalue weighted by atomic mass is 10.1. The molecule has 2 aromatic carbocycles. The van der Waals surface area contributed by atoms with Crippen LogP contribution >= 0.6 is 11.3 Å². The fourth-order valence-electron chi connectivity index (χ4n) is 2.72. The van der Waals surface area contributed by atoms with Crippen molar-refractivity contribution in [3.8, 4) is 11.1 Å². The molecule has 2 aromatic heterocycles. The van der Waals surface area contributed by atoms with E-state index in [0.29, 0.717) is 18.2 Å². The van der Waals surface area contributed by atoms with E-state index < -0.39 is 9.84 Å². The third kappa shape index (κ3) is 4.40. The number of rotatable bonds is 6. The SMILES string of the molecule is CS(=O)(=O)CCc1nnc(Cc2nc3ccc(-c4ccccc4)cc3s2)o1. The first kappa shape index (κ1) is 17.8. The number of hydrogen-bond donors (Lipinski definition) is 0. The Morgan fingerprint density at radius 1 is 1.00 bits per heavy atom. The van der Waals surface area contributed by atoms with Crippen molar-refractivity contribution in [3.63, 3.8) is 0 Å². The predicted octanol–water partition coefficient (Wildman–Crippen LogP) is 3.52. The van der Waals surface area contributed by atoms with Crippen LogP contribution in [0, 0.1) is 0 Å². The molecule has 0 unspecified atom stereocenters. The van der Waals surface area contributed by atoms with E-state index in [1.165, 1.54) is 11.8 Å². The van der Waals surface area contributed by atoms with Gasteiger partial charge in [-0.2, -0.15) is 0 Å². The second-order valence-corrected chi connectivity index (χ2v) is 9.68. The summed E-state index contributed by atoms with van der Waals surface area (Å²) >= 11 is 1.59. The van der Waals surface area contributed by atoms with Crippen molar-refractivity contribution < 1.29 is 12.8 Å². The summed E-state index contributed by atoms with van der Waals surface area (Å²) in [7, 11) is -3.05. The molecule has 0 aliphatic carbocycles. The van der Waals surface area contributed by atoms with Crippen molar-refractivity contribution in [3.05, 3.63) is 65.3 Å². The topological polar surface area (TPSA) is 86.0 Å². The molecule has 0 saturated heterocycles. The van der Waals surface area contributed by atoms with Crippen LogP contribution in [0.25, 0.3) is 21.3 Å². The van der Waals surface area contributed by atoms with Crippen LogP contribution in [0.3, 0.4) is 0 Å². The fourth-order valence-corrected chi connectivity index (χ4v) is 4.26. The maximum absolute atomic E-state index is 11.2. The van der Waals surface area contributed by atoms with Crippen LogP contribution in [0.2, 0.25) is 0 Å². The van der Waals surface area contributed by atoms with Gasteiger partial charge in [-0.3, -0.25) is 0 Å². The van der Waals surface area contributed by atoms with Gasteiger partial charge in [0, 0.05) is 12.7 Å². The molecule has 6 nitrogen and oxygen atoms in total. The van der Waals surface area contributed by atoms with Crippen LogP contribution in [-0.4, -0.2) is 35.6 Å². The normalized spacial score (nSPS) is 11.9. The number of sulfone groups is 1. The highest BCUT2D eigenvalue weighted by Crippen LogP contribution is 2.29. The number of benzene rings is 2. The van der Waals surface area contributed by atoms with Crippen molar-refractivity contribution in [2.45, 2.75) is 12.8 Å². The molecule has 0 fully saturated rings. The number of aromatic nitrogens is 3. The van der Waals surface area contributed by atoms with Crippen LogP contribution in [0.4, 0.5) is 0 Å². The highest BCUT2D eigenvalue weighted by Gasteiger charge is 2.13. The second-order valence-electron chi connectivity index (χ2n) is 6.30. The zero-order valence-corrected chi connectivity index (χ0v) is 16.3. The first-order valence-electron chi connectivity index (χ1n) is 8.40. The molecular formula is C19H17N3O3S2. The molecule has 0 saturated carbocycles. The molecule has 0 bridgehead atoms. The number of nitrogens with zero attached hydrogens (tertiary/aromatic N) is 3. The highest BCUT2D eigenvalue weighted by atomic mass is 32.2. The molecule has 0 aliphatic heterocycles. The van der Waals surface area contributed by atoms with E-state index in [1.807, 2.05) is 24.3 Å². The Balaban J connectivity index is 1.52. The molecule has 138 valence electrons. The number of fused-ring (bicyclic) bond motifs is 1. The maximum Gasteiger partial charge on any atom is 0.223 e. The highest BCUT2D eigenvalue weighted by molar-refractivity contribution is 7.90. The summed E-state index contributed by atoms with van der Waals surface area (Å²) in [6.07, 6.45) is 1.85. The minimum absolute atomic E-state index is 0.00195. The standard InChI is InChI=1S/C19H17N3O3S2/c1-27(23,24)10-9-17-21-22-18(25-17)12-19-20-15-8-7-14(11-16(15)26-19)13-5-3-2-4-6-13/h2-8,11H,9-10,12H2,1H3. The summed E-state index contributed by atoms with van der Waals surface area (Å²) < 4.78 is 29.1. The van der Waals surface area contributed by atoms with Gasteiger partial charge in [0.15, 0.2) is 0 Å². The first-order chi connectivity index (χ1) is 13.0. The molecule has 0 aliphatic rings. The summed E-state index contributed by atoms with van der Waals surface area (Å²) in [5.74, 6) is 0.779. The molecule has 0 spiro atoms. The van der Waals surface area contributed by atoms with Crippen LogP contribution < -0.4 is 0 Å². The Morgan fingerprint density at radius 2 is 1.78 bits per heavy atom. The summed E-state index contributed by atoms with van der Waals surface area (Å²) in [6, 6.07) is 16.4. The zero-order valence-electron chi connectivity index (χ0n) is 14.6. The molecule has 2 heterocycles. The minimum Gasteiger partial charge on any atom is -0.425 e. The van der Waals surface area contributed by atoms with E-state index in [1.54, 1.807) is 11.3 Å². The van der Waals surface area contributed by atoms with E-state index in [9.17, 15) is 8.42 Å². The van der Waals surface area contributed by atoms with Gasteiger partial charge < -0.3 is 4.42 Å². The van der Waals surface area contributed by atoms with Crippen LogP contribution in [-0.2, 0) is 22.7 Å². The van der Waals surface area contributed by atoms with E-state index >= 15 is 0 Å². The number of aryl methyl sites for hydroxylation is 1. The van der Waals surface area contributed by atoms with Crippen LogP contribution in [0.15, 0.2) is 52.9 Å². The van der Waals surface area contributed by atoms with E-state index in [-0.39, 0.29) is 12.2 Å². The summed E-state index contributed by atoms with van der Waals surface area (Å²) in [4.78, 5) is 4.63. The molecule has 4 aromatic rings. The molecule has 0 radical (unpaired) electrons. The largest absolute Gasteiger partial charge is 0.425 e. The van der Waals surface area contributed by atoms with E-state index in [0.717, 1.165) is 20.8 Å². The maximum atomic E-state index is 11.2. The Hall–Kier alpha value is -2.58. The van der Waals surface area contributed by atoms with Crippen LogP contribution in [0.1, 0.15) is 16.8 Å². The van der Waals surface area contributed by atoms with Gasteiger partial charge in [-0.05, 0) is 23.3 Å². The lowest BCUT2D eigenvalue weighted by molar-refractivity contribution is 0.461. The fraction of sp³-hybridized carbons (Fsp3) is 0.211. The van der Waals surface area contributed by atoms with Gasteiger partial charge in [-0.25, -0.2) is 13.4 Å². The monoisotopic (exact) mass is 399 g/mol. The van der Waals surface area contributed by atoms with Crippen molar-refractivity contribution in [1.29, 1.82) is 0 Å². The van der Waals surface area contributed by atoms with Gasteiger partial charge in [-0.1, -0.05) is 36.4 Å². The van der Waals surface area contributed by atoms with Gasteiger partial charge in [0.1, 0.15) is 14.8 Å². The summed E-state index contributed by atoms with van der Waals surface area (Å²) in [6.45, 7) is 0. The molecule has 8 heteroatoms. The van der Waals surface area contributed by atoms with E-state index in [2.05, 4.69) is 39.4 Å². The molecule has 0 amide bonds. The van der Waals surface area contributed by atoms with E-state index in [4.69, 9.17) is 4.42 Å². The Morgan fingerprint density at radius 3 is 2.56 bits per heavy atom. The summed E-state index contributed by atoms with van der Waals surface area (Å²) in [5, 5.41) is 8.80. The minimum atomic E-state index is -3.05. The number of hydrogen-bond acceptors (Lipinski definition) is 7. The lowest BCUT2D eigenvalue weighted by Crippen LogP contribution is -2.05. The summed E-state index contributed by atoms with van der Waals surface area (Å²) in [5.41, 5.74) is 3.26. The lowest BCUT2D eigenvalue weighted by Gasteiger charge is -2.00. The van der Waals surface area contributed by atoms with Gasteiger partial charge >= 0.3 is 0 Å². The molecular weight excluding hydrogens is 382 g/mol. The molecule has 0 atom stereocenters. The Kier molecular flexibility index (Phi) is 4.75. The molecule has 27 heavy (non-hydrogen) atoms. The quantitative estimate of drug-likeness (QED) is 0.493. The molecule has 4 rings (SSSR count). The van der Waals surface area contributed by atoms with Crippen LogP contribution in [0.5, 0.6) is 0 Å². The third-order valence-corrected chi connectivity index (χ3v) is 6.00. The van der Waals surface area contributed by atoms with Crippen molar-refractivity contribution in [2.24, 2.45) is 0 Å². The smallest absolute Gasteiger partial charge is 0.223 e. The van der Waals surface area contributed by atoms with Crippen molar-refractivity contribution >= 4 is 31.4 Å². The average Bonchev–Trinajstić information content (AvgIpc) is 3.26. The van der Waals surface area contributed by atoms with Gasteiger partial charge in [0.2, 0.25) is 11.8 Å². The van der Waals surface area contributed by atoms with Gasteiger partial charge in [0.05, 0.1) is 22.4 Å². The van der Waals surface area contributed by atoms with Crippen molar-refractivity contribution in [1.82, 2.24) is 15.2 Å². The zero-order chi connectivity index (χ0) is 18.9.